The Kier molecular flexibility index (Phi) is 5.18. The Hall–Kier alpha value is -1.89. The molecule has 0 bridgehead atoms. The molecule has 2 aliphatic carbocycles. The molecule has 0 spiro atoms. The number of urea groups is 1. The molecule has 0 saturated heterocycles. The smallest absolute Gasteiger partial charge is 0.349 e. The summed E-state index contributed by atoms with van der Waals surface area (Å²) in [7, 11) is 0. The van der Waals surface area contributed by atoms with E-state index in [1.165, 1.54) is 28.7 Å². The van der Waals surface area contributed by atoms with Gasteiger partial charge in [0.25, 0.3) is 5.91 Å². The molecule has 0 aromatic carbocycles. The number of ether oxygens (including phenoxy) is 1. The largest absolute Gasteiger partial charge is 0.448 e. The van der Waals surface area contributed by atoms with Crippen LogP contribution in [0.25, 0.3) is 0 Å². The zero-order chi connectivity index (χ0) is 17.1. The van der Waals surface area contributed by atoms with E-state index < -0.39 is 24.0 Å². The molecule has 24 heavy (non-hydrogen) atoms. The molecule has 3 rings (SSSR count). The highest BCUT2D eigenvalue weighted by molar-refractivity contribution is 7.14. The summed E-state index contributed by atoms with van der Waals surface area (Å²) < 4.78 is 5.19. The first-order chi connectivity index (χ1) is 11.5. The van der Waals surface area contributed by atoms with E-state index in [0.717, 1.165) is 44.9 Å². The number of imide groups is 1. The fourth-order valence-electron chi connectivity index (χ4n) is 3.21. The van der Waals surface area contributed by atoms with E-state index in [4.69, 9.17) is 4.74 Å². The van der Waals surface area contributed by atoms with Gasteiger partial charge in [0.2, 0.25) is 0 Å². The molecule has 2 aliphatic rings. The third-order valence-corrected chi connectivity index (χ3v) is 5.75. The SMILES string of the molecule is C[C@@H](OC(=O)c1cc2c(s1)CCC2)C(=O)NC(=O)NC1CCCC1. The summed E-state index contributed by atoms with van der Waals surface area (Å²) in [5, 5.41) is 5.01. The average Bonchev–Trinajstić information content (AvgIpc) is 3.22. The molecule has 0 aliphatic heterocycles. The number of esters is 1. The lowest BCUT2D eigenvalue weighted by molar-refractivity contribution is -0.127. The second-order valence-electron chi connectivity index (χ2n) is 6.40. The number of amides is 3. The van der Waals surface area contributed by atoms with Crippen molar-refractivity contribution in [1.29, 1.82) is 0 Å². The predicted octanol–water partition coefficient (Wildman–Crippen LogP) is 2.55. The molecule has 1 atom stereocenters. The highest BCUT2D eigenvalue weighted by Crippen LogP contribution is 2.31. The summed E-state index contributed by atoms with van der Waals surface area (Å²) in [5.74, 6) is -1.11. The van der Waals surface area contributed by atoms with Crippen LogP contribution in [0.15, 0.2) is 6.07 Å². The van der Waals surface area contributed by atoms with E-state index >= 15 is 0 Å². The number of carbonyl (C=O) groups excluding carboxylic acids is 3. The lowest BCUT2D eigenvalue weighted by atomic mass is 10.2. The molecular formula is C17H22N2O4S. The van der Waals surface area contributed by atoms with Gasteiger partial charge in [-0.2, -0.15) is 0 Å². The summed E-state index contributed by atoms with van der Waals surface area (Å²) in [6, 6.07) is 1.46. The minimum Gasteiger partial charge on any atom is -0.448 e. The van der Waals surface area contributed by atoms with Gasteiger partial charge in [-0.1, -0.05) is 12.8 Å². The van der Waals surface area contributed by atoms with Gasteiger partial charge in [-0.15, -0.1) is 11.3 Å². The van der Waals surface area contributed by atoms with Crippen molar-refractivity contribution >= 4 is 29.2 Å². The zero-order valence-electron chi connectivity index (χ0n) is 13.7. The van der Waals surface area contributed by atoms with Gasteiger partial charge in [-0.05, 0) is 50.7 Å². The van der Waals surface area contributed by atoms with Crippen molar-refractivity contribution in [2.75, 3.05) is 0 Å². The molecule has 3 amide bonds. The normalized spacial score (nSPS) is 18.0. The fraction of sp³-hybridized carbons (Fsp3) is 0.588. The van der Waals surface area contributed by atoms with Gasteiger partial charge in [0.1, 0.15) is 4.88 Å². The van der Waals surface area contributed by atoms with Gasteiger partial charge in [0, 0.05) is 10.9 Å². The monoisotopic (exact) mass is 350 g/mol. The standard InChI is InChI=1S/C17H22N2O4S/c1-10(15(20)19-17(22)18-12-6-2-3-7-12)23-16(21)14-9-11-5-4-8-13(11)24-14/h9-10,12H,2-8H2,1H3,(H2,18,19,20,22)/t10-/m1/s1. The zero-order valence-corrected chi connectivity index (χ0v) is 14.5. The van der Waals surface area contributed by atoms with Crippen LogP contribution in [0, 0.1) is 0 Å². The van der Waals surface area contributed by atoms with E-state index in [2.05, 4.69) is 10.6 Å². The van der Waals surface area contributed by atoms with Crippen molar-refractivity contribution in [1.82, 2.24) is 10.6 Å². The summed E-state index contributed by atoms with van der Waals surface area (Å²) in [4.78, 5) is 37.7. The van der Waals surface area contributed by atoms with Gasteiger partial charge in [-0.25, -0.2) is 9.59 Å². The van der Waals surface area contributed by atoms with Crippen LogP contribution < -0.4 is 10.6 Å². The molecule has 2 N–H and O–H groups in total. The van der Waals surface area contributed by atoms with Gasteiger partial charge >= 0.3 is 12.0 Å². The Balaban J connectivity index is 1.47. The summed E-state index contributed by atoms with van der Waals surface area (Å²) in [6.07, 6.45) is 6.19. The van der Waals surface area contributed by atoms with Crippen molar-refractivity contribution in [2.24, 2.45) is 0 Å². The Morgan fingerprint density at radius 1 is 1.21 bits per heavy atom. The maximum absolute atomic E-state index is 12.1. The first kappa shape index (κ1) is 17.0. The Bertz CT molecular complexity index is 628. The number of fused-ring (bicyclic) bond motifs is 1. The van der Waals surface area contributed by atoms with E-state index in [0.29, 0.717) is 4.88 Å². The van der Waals surface area contributed by atoms with E-state index in [1.54, 1.807) is 0 Å². The first-order valence-electron chi connectivity index (χ1n) is 8.47. The second-order valence-corrected chi connectivity index (χ2v) is 7.54. The molecule has 1 aromatic rings. The van der Waals surface area contributed by atoms with Crippen LogP contribution >= 0.6 is 11.3 Å². The Morgan fingerprint density at radius 3 is 2.67 bits per heavy atom. The molecular weight excluding hydrogens is 328 g/mol. The fourth-order valence-corrected chi connectivity index (χ4v) is 4.34. The molecule has 0 unspecified atom stereocenters. The van der Waals surface area contributed by atoms with Gasteiger partial charge in [0.05, 0.1) is 0 Å². The topological polar surface area (TPSA) is 84.5 Å². The van der Waals surface area contributed by atoms with Crippen molar-refractivity contribution in [3.05, 3.63) is 21.4 Å². The quantitative estimate of drug-likeness (QED) is 0.817. The van der Waals surface area contributed by atoms with Gasteiger partial charge < -0.3 is 10.1 Å². The van der Waals surface area contributed by atoms with Crippen molar-refractivity contribution in [3.63, 3.8) is 0 Å². The Labute approximate surface area is 145 Å². The molecule has 6 nitrogen and oxygen atoms in total. The summed E-state index contributed by atoms with van der Waals surface area (Å²) >= 11 is 1.43. The number of aryl methyl sites for hydroxylation is 2. The van der Waals surface area contributed by atoms with E-state index in [9.17, 15) is 14.4 Å². The van der Waals surface area contributed by atoms with Crippen LogP contribution in [0.1, 0.15) is 59.1 Å². The van der Waals surface area contributed by atoms with Crippen LogP contribution in [0.2, 0.25) is 0 Å². The lowest BCUT2D eigenvalue weighted by Gasteiger charge is -2.15. The number of rotatable bonds is 4. The second kappa shape index (κ2) is 7.34. The molecule has 1 heterocycles. The van der Waals surface area contributed by atoms with E-state index in [1.807, 2.05) is 6.07 Å². The molecule has 1 fully saturated rings. The average molecular weight is 350 g/mol. The van der Waals surface area contributed by atoms with Crippen molar-refractivity contribution < 1.29 is 19.1 Å². The van der Waals surface area contributed by atoms with Crippen molar-refractivity contribution in [3.8, 4) is 0 Å². The number of hydrogen-bond donors (Lipinski definition) is 2. The lowest BCUT2D eigenvalue weighted by Crippen LogP contribution is -2.47. The molecule has 0 radical (unpaired) electrons. The highest BCUT2D eigenvalue weighted by Gasteiger charge is 2.25. The number of nitrogens with one attached hydrogen (secondary N) is 2. The number of thiophene rings is 1. The molecule has 1 aromatic heterocycles. The van der Waals surface area contributed by atoms with Crippen LogP contribution in [0.3, 0.4) is 0 Å². The number of carbonyl (C=O) groups is 3. The third kappa shape index (κ3) is 3.95. The first-order valence-corrected chi connectivity index (χ1v) is 9.28. The number of hydrogen-bond acceptors (Lipinski definition) is 5. The third-order valence-electron chi connectivity index (χ3n) is 4.53. The highest BCUT2D eigenvalue weighted by atomic mass is 32.1. The van der Waals surface area contributed by atoms with Crippen LogP contribution in [0.4, 0.5) is 4.79 Å². The minimum absolute atomic E-state index is 0.129. The van der Waals surface area contributed by atoms with E-state index in [-0.39, 0.29) is 6.04 Å². The Morgan fingerprint density at radius 2 is 1.96 bits per heavy atom. The predicted molar refractivity (Wildman–Crippen MR) is 90.2 cm³/mol. The maximum atomic E-state index is 12.1. The molecule has 130 valence electrons. The molecule has 7 heteroatoms. The van der Waals surface area contributed by atoms with Gasteiger partial charge in [0.15, 0.2) is 6.10 Å². The summed E-state index contributed by atoms with van der Waals surface area (Å²) in [6.45, 7) is 1.47. The summed E-state index contributed by atoms with van der Waals surface area (Å²) in [5.41, 5.74) is 1.21. The van der Waals surface area contributed by atoms with Crippen LogP contribution in [-0.2, 0) is 22.4 Å². The minimum atomic E-state index is -1.01. The van der Waals surface area contributed by atoms with Crippen LogP contribution in [0.5, 0.6) is 0 Å². The van der Waals surface area contributed by atoms with Crippen molar-refractivity contribution in [2.45, 2.75) is 64.0 Å². The van der Waals surface area contributed by atoms with Crippen LogP contribution in [-0.4, -0.2) is 30.1 Å². The molecule has 1 saturated carbocycles. The van der Waals surface area contributed by atoms with Gasteiger partial charge in [-0.3, -0.25) is 10.1 Å². The maximum Gasteiger partial charge on any atom is 0.349 e.